The maximum Gasteiger partial charge on any atom is 0.256 e. The fraction of sp³-hybridized carbons (Fsp3) is 0.471. The Morgan fingerprint density at radius 2 is 2.17 bits per heavy atom. The molecule has 0 aliphatic carbocycles. The van der Waals surface area contributed by atoms with Gasteiger partial charge in [-0.3, -0.25) is 4.79 Å². The average molecular weight is 312 g/mol. The summed E-state index contributed by atoms with van der Waals surface area (Å²) in [6.07, 6.45) is 6.35. The third-order valence-corrected chi connectivity index (χ3v) is 4.93. The number of ether oxygens (including phenoxy) is 1. The number of rotatable bonds is 2. The molecular weight excluding hydrogens is 292 g/mol. The summed E-state index contributed by atoms with van der Waals surface area (Å²) in [5, 5.41) is 4.16. The molecule has 1 spiro atoms. The second-order valence-electron chi connectivity index (χ2n) is 6.49. The standard InChI is InChI=1S/C17H20N4O2/c22-16(20-8-3-6-17(10-20)7-9-23-11-17)14-4-1-2-5-15(14)21-13-18-12-19-21/h1-2,4-5,12-13H,3,6-11H2. The van der Waals surface area contributed by atoms with Crippen molar-refractivity contribution in [2.24, 2.45) is 5.41 Å². The van der Waals surface area contributed by atoms with Crippen molar-refractivity contribution in [2.45, 2.75) is 19.3 Å². The molecule has 0 saturated carbocycles. The Balaban J connectivity index is 1.62. The lowest BCUT2D eigenvalue weighted by atomic mass is 9.79. The molecule has 23 heavy (non-hydrogen) atoms. The number of benzene rings is 1. The van der Waals surface area contributed by atoms with Crippen molar-refractivity contribution in [3.63, 3.8) is 0 Å². The summed E-state index contributed by atoms with van der Waals surface area (Å²) in [6.45, 7) is 3.20. The Morgan fingerprint density at radius 1 is 1.26 bits per heavy atom. The SMILES string of the molecule is O=C(c1ccccc1-n1cncn1)N1CCCC2(CCOC2)C1. The lowest BCUT2D eigenvalue weighted by Crippen LogP contribution is -2.46. The predicted molar refractivity (Wildman–Crippen MR) is 84.4 cm³/mol. The van der Waals surface area contributed by atoms with Gasteiger partial charge in [0.1, 0.15) is 12.7 Å². The quantitative estimate of drug-likeness (QED) is 0.850. The molecule has 2 aromatic rings. The first-order valence-electron chi connectivity index (χ1n) is 8.09. The molecule has 4 rings (SSSR count). The minimum absolute atomic E-state index is 0.0714. The van der Waals surface area contributed by atoms with E-state index >= 15 is 0 Å². The van der Waals surface area contributed by atoms with Crippen LogP contribution >= 0.6 is 0 Å². The van der Waals surface area contributed by atoms with Crippen LogP contribution in [0, 0.1) is 5.41 Å². The smallest absolute Gasteiger partial charge is 0.256 e. The van der Waals surface area contributed by atoms with Gasteiger partial charge in [0.2, 0.25) is 0 Å². The molecule has 2 aliphatic heterocycles. The molecule has 1 amide bonds. The largest absolute Gasteiger partial charge is 0.381 e. The zero-order valence-corrected chi connectivity index (χ0v) is 13.0. The monoisotopic (exact) mass is 312 g/mol. The maximum atomic E-state index is 13.1. The van der Waals surface area contributed by atoms with Crippen LogP contribution < -0.4 is 0 Å². The zero-order valence-electron chi connectivity index (χ0n) is 13.0. The highest BCUT2D eigenvalue weighted by atomic mass is 16.5. The summed E-state index contributed by atoms with van der Waals surface area (Å²) >= 11 is 0. The van der Waals surface area contributed by atoms with Crippen LogP contribution in [0.5, 0.6) is 0 Å². The highest BCUT2D eigenvalue weighted by Gasteiger charge is 2.40. The van der Waals surface area contributed by atoms with E-state index < -0.39 is 0 Å². The Hall–Kier alpha value is -2.21. The van der Waals surface area contributed by atoms with Gasteiger partial charge in [-0.2, -0.15) is 5.10 Å². The van der Waals surface area contributed by atoms with Crippen LogP contribution in [0.4, 0.5) is 0 Å². The van der Waals surface area contributed by atoms with Crippen LogP contribution in [0.2, 0.25) is 0 Å². The number of nitrogens with zero attached hydrogens (tertiary/aromatic N) is 4. The molecule has 0 N–H and O–H groups in total. The van der Waals surface area contributed by atoms with Crippen LogP contribution in [0.3, 0.4) is 0 Å². The van der Waals surface area contributed by atoms with Gasteiger partial charge in [-0.25, -0.2) is 9.67 Å². The first-order valence-corrected chi connectivity index (χ1v) is 8.09. The Morgan fingerprint density at radius 3 is 2.96 bits per heavy atom. The molecule has 2 saturated heterocycles. The van der Waals surface area contributed by atoms with Crippen molar-refractivity contribution in [1.29, 1.82) is 0 Å². The van der Waals surface area contributed by atoms with E-state index in [0.29, 0.717) is 5.56 Å². The molecular formula is C17H20N4O2. The Bertz CT molecular complexity index is 692. The average Bonchev–Trinajstić information content (AvgIpc) is 3.27. The number of likely N-dealkylation sites (tertiary alicyclic amines) is 1. The molecule has 2 aliphatic rings. The zero-order chi connectivity index (χ0) is 15.7. The number of hydrogen-bond donors (Lipinski definition) is 0. The summed E-state index contributed by atoms with van der Waals surface area (Å²) in [4.78, 5) is 19.0. The second-order valence-corrected chi connectivity index (χ2v) is 6.49. The molecule has 6 heteroatoms. The normalized spacial score (nSPS) is 24.3. The highest BCUT2D eigenvalue weighted by molar-refractivity contribution is 5.97. The third-order valence-electron chi connectivity index (χ3n) is 4.93. The van der Waals surface area contributed by atoms with E-state index in [1.54, 1.807) is 11.0 Å². The van der Waals surface area contributed by atoms with Crippen LogP contribution in [0.1, 0.15) is 29.6 Å². The highest BCUT2D eigenvalue weighted by Crippen LogP contribution is 2.38. The van der Waals surface area contributed by atoms with E-state index in [-0.39, 0.29) is 11.3 Å². The molecule has 3 heterocycles. The lowest BCUT2D eigenvalue weighted by molar-refractivity contribution is 0.0462. The van der Waals surface area contributed by atoms with Crippen molar-refractivity contribution >= 4 is 5.91 Å². The van der Waals surface area contributed by atoms with Gasteiger partial charge in [-0.05, 0) is 31.4 Å². The van der Waals surface area contributed by atoms with Gasteiger partial charge < -0.3 is 9.64 Å². The number of para-hydroxylation sites is 1. The van der Waals surface area contributed by atoms with E-state index in [1.165, 1.54) is 6.33 Å². The van der Waals surface area contributed by atoms with Gasteiger partial charge in [0, 0.05) is 25.1 Å². The van der Waals surface area contributed by atoms with Crippen molar-refractivity contribution in [1.82, 2.24) is 19.7 Å². The van der Waals surface area contributed by atoms with Crippen LogP contribution in [0.25, 0.3) is 5.69 Å². The second kappa shape index (κ2) is 5.77. The van der Waals surface area contributed by atoms with Crippen molar-refractivity contribution in [3.8, 4) is 5.69 Å². The lowest BCUT2D eigenvalue weighted by Gasteiger charge is -2.39. The van der Waals surface area contributed by atoms with Gasteiger partial charge in [-0.1, -0.05) is 12.1 Å². The fourth-order valence-corrected chi connectivity index (χ4v) is 3.71. The van der Waals surface area contributed by atoms with Crippen LogP contribution in [-0.4, -0.2) is 51.9 Å². The number of carbonyl (C=O) groups is 1. The molecule has 1 aromatic carbocycles. The number of carbonyl (C=O) groups excluding carboxylic acids is 1. The molecule has 6 nitrogen and oxygen atoms in total. The number of aromatic nitrogens is 3. The van der Waals surface area contributed by atoms with Crippen LogP contribution in [0.15, 0.2) is 36.9 Å². The van der Waals surface area contributed by atoms with Crippen molar-refractivity contribution < 1.29 is 9.53 Å². The molecule has 1 unspecified atom stereocenters. The minimum Gasteiger partial charge on any atom is -0.381 e. The van der Waals surface area contributed by atoms with E-state index in [1.807, 2.05) is 29.2 Å². The Kier molecular flexibility index (Phi) is 3.61. The number of amides is 1. The van der Waals surface area contributed by atoms with E-state index in [0.717, 1.165) is 51.3 Å². The van der Waals surface area contributed by atoms with Crippen LogP contribution in [-0.2, 0) is 4.74 Å². The summed E-state index contributed by atoms with van der Waals surface area (Å²) < 4.78 is 7.24. The molecule has 0 radical (unpaired) electrons. The number of hydrogen-bond acceptors (Lipinski definition) is 4. The van der Waals surface area contributed by atoms with Crippen molar-refractivity contribution in [2.75, 3.05) is 26.3 Å². The topological polar surface area (TPSA) is 60.2 Å². The van der Waals surface area contributed by atoms with E-state index in [9.17, 15) is 4.79 Å². The van der Waals surface area contributed by atoms with Gasteiger partial charge in [-0.15, -0.1) is 0 Å². The summed E-state index contributed by atoms with van der Waals surface area (Å²) in [5.74, 6) is 0.0714. The number of piperidine rings is 1. The Labute approximate surface area is 135 Å². The third kappa shape index (κ3) is 2.63. The molecule has 1 aromatic heterocycles. The predicted octanol–water partition coefficient (Wildman–Crippen LogP) is 1.91. The van der Waals surface area contributed by atoms with Gasteiger partial charge in [0.25, 0.3) is 5.91 Å². The summed E-state index contributed by atoms with van der Waals surface area (Å²) in [7, 11) is 0. The van der Waals surface area contributed by atoms with Crippen molar-refractivity contribution in [3.05, 3.63) is 42.5 Å². The first kappa shape index (κ1) is 14.4. The fourth-order valence-electron chi connectivity index (χ4n) is 3.71. The first-order chi connectivity index (χ1) is 11.3. The minimum atomic E-state index is 0.0714. The van der Waals surface area contributed by atoms with E-state index in [4.69, 9.17) is 4.74 Å². The van der Waals surface area contributed by atoms with Gasteiger partial charge in [0.15, 0.2) is 0 Å². The van der Waals surface area contributed by atoms with Gasteiger partial charge in [0.05, 0.1) is 17.9 Å². The molecule has 1 atom stereocenters. The summed E-state index contributed by atoms with van der Waals surface area (Å²) in [5.41, 5.74) is 1.61. The molecule has 120 valence electrons. The summed E-state index contributed by atoms with van der Waals surface area (Å²) in [6, 6.07) is 7.58. The van der Waals surface area contributed by atoms with Gasteiger partial charge >= 0.3 is 0 Å². The maximum absolute atomic E-state index is 13.1. The molecule has 2 fully saturated rings. The van der Waals surface area contributed by atoms with E-state index in [2.05, 4.69) is 10.1 Å². The molecule has 0 bridgehead atoms.